The lowest BCUT2D eigenvalue weighted by Crippen LogP contribution is -2.40. The molecule has 0 aromatic heterocycles. The third-order valence-electron chi connectivity index (χ3n) is 1.80. The summed E-state index contributed by atoms with van der Waals surface area (Å²) in [5.41, 5.74) is 0. The Labute approximate surface area is 69.0 Å². The van der Waals surface area contributed by atoms with Gasteiger partial charge >= 0.3 is 12.1 Å². The van der Waals surface area contributed by atoms with Crippen LogP contribution in [0.5, 0.6) is 0 Å². The minimum absolute atomic E-state index is 0.252. The Morgan fingerprint density at radius 2 is 2.33 bits per heavy atom. The van der Waals surface area contributed by atoms with Crippen molar-refractivity contribution in [3.05, 3.63) is 0 Å². The molecule has 1 aliphatic rings. The van der Waals surface area contributed by atoms with Crippen LogP contribution in [0.4, 0.5) is 9.59 Å². The first-order valence-electron chi connectivity index (χ1n) is 3.46. The van der Waals surface area contributed by atoms with Gasteiger partial charge in [0.25, 0.3) is 0 Å². The van der Waals surface area contributed by atoms with Crippen LogP contribution in [0, 0.1) is 0 Å². The van der Waals surface area contributed by atoms with Crippen LogP contribution < -0.4 is 0 Å². The fourth-order valence-corrected chi connectivity index (χ4v) is 1.19. The van der Waals surface area contributed by atoms with E-state index in [1.807, 2.05) is 0 Å². The van der Waals surface area contributed by atoms with Gasteiger partial charge < -0.3 is 15.1 Å². The molecular formula is C6H10N2O4. The number of carbonyl (C=O) groups is 2. The van der Waals surface area contributed by atoms with E-state index >= 15 is 0 Å². The standard InChI is InChI=1S/C6H10N2O4/c1-7-2-4(3-9)8(5(7)10)6(11)12/h4,9H,2-3H2,1H3,(H,11,12)/t4-/m0/s1. The van der Waals surface area contributed by atoms with Gasteiger partial charge in [-0.25, -0.2) is 14.5 Å². The second-order valence-corrected chi connectivity index (χ2v) is 2.65. The molecule has 0 spiro atoms. The first-order valence-corrected chi connectivity index (χ1v) is 3.46. The summed E-state index contributed by atoms with van der Waals surface area (Å²) in [5.74, 6) is 0. The fourth-order valence-electron chi connectivity index (χ4n) is 1.19. The monoisotopic (exact) mass is 174 g/mol. The predicted octanol–water partition coefficient (Wildman–Crippen LogP) is -0.607. The van der Waals surface area contributed by atoms with Crippen LogP contribution in [0.3, 0.4) is 0 Å². The molecule has 1 rings (SSSR count). The maximum absolute atomic E-state index is 11.1. The molecule has 1 atom stereocenters. The first kappa shape index (κ1) is 8.79. The summed E-state index contributed by atoms with van der Waals surface area (Å²) in [7, 11) is 1.49. The van der Waals surface area contributed by atoms with Crippen molar-refractivity contribution in [2.75, 3.05) is 20.2 Å². The van der Waals surface area contributed by atoms with Gasteiger partial charge in [-0.2, -0.15) is 0 Å². The molecule has 0 bridgehead atoms. The van der Waals surface area contributed by atoms with Gasteiger partial charge in [0.15, 0.2) is 0 Å². The number of carbonyl (C=O) groups excluding carboxylic acids is 1. The van der Waals surface area contributed by atoms with Gasteiger partial charge in [-0.3, -0.25) is 0 Å². The Morgan fingerprint density at radius 3 is 2.67 bits per heavy atom. The molecule has 0 aliphatic carbocycles. The van der Waals surface area contributed by atoms with E-state index in [-0.39, 0.29) is 13.2 Å². The maximum Gasteiger partial charge on any atom is 0.415 e. The summed E-state index contributed by atoms with van der Waals surface area (Å²) in [4.78, 5) is 23.5. The van der Waals surface area contributed by atoms with Crippen molar-refractivity contribution in [3.63, 3.8) is 0 Å². The second-order valence-electron chi connectivity index (χ2n) is 2.65. The molecule has 1 aliphatic heterocycles. The van der Waals surface area contributed by atoms with Crippen LogP contribution in [0.1, 0.15) is 0 Å². The predicted molar refractivity (Wildman–Crippen MR) is 38.8 cm³/mol. The first-order chi connectivity index (χ1) is 5.57. The molecule has 0 unspecified atom stereocenters. The van der Waals surface area contributed by atoms with Gasteiger partial charge in [0.1, 0.15) is 0 Å². The van der Waals surface area contributed by atoms with Gasteiger partial charge in [-0.1, -0.05) is 0 Å². The van der Waals surface area contributed by atoms with Gasteiger partial charge in [-0.15, -0.1) is 0 Å². The number of urea groups is 1. The molecule has 0 aromatic rings. The molecule has 12 heavy (non-hydrogen) atoms. The lowest BCUT2D eigenvalue weighted by atomic mass is 10.3. The van der Waals surface area contributed by atoms with E-state index in [0.717, 1.165) is 0 Å². The van der Waals surface area contributed by atoms with E-state index in [0.29, 0.717) is 4.90 Å². The summed E-state index contributed by atoms with van der Waals surface area (Å²) in [6, 6.07) is -1.21. The molecular weight excluding hydrogens is 164 g/mol. The van der Waals surface area contributed by atoms with Crippen LogP contribution in [-0.2, 0) is 0 Å². The summed E-state index contributed by atoms with van der Waals surface area (Å²) < 4.78 is 0. The number of likely N-dealkylation sites (N-methyl/N-ethyl adjacent to an activating group) is 1. The van der Waals surface area contributed by atoms with E-state index in [1.165, 1.54) is 11.9 Å². The molecule has 0 radical (unpaired) electrons. The van der Waals surface area contributed by atoms with Crippen molar-refractivity contribution in [3.8, 4) is 0 Å². The van der Waals surface area contributed by atoms with E-state index < -0.39 is 18.2 Å². The third kappa shape index (κ3) is 1.20. The van der Waals surface area contributed by atoms with Gasteiger partial charge in [-0.05, 0) is 0 Å². The molecule has 3 amide bonds. The molecule has 6 nitrogen and oxygen atoms in total. The number of aliphatic hydroxyl groups is 1. The third-order valence-corrected chi connectivity index (χ3v) is 1.80. The van der Waals surface area contributed by atoms with Crippen molar-refractivity contribution in [1.82, 2.24) is 9.80 Å². The van der Waals surface area contributed by atoms with Crippen LogP contribution >= 0.6 is 0 Å². The Morgan fingerprint density at radius 1 is 1.75 bits per heavy atom. The normalized spacial score (nSPS) is 23.5. The zero-order valence-electron chi connectivity index (χ0n) is 6.60. The van der Waals surface area contributed by atoms with Crippen LogP contribution in [0.15, 0.2) is 0 Å². The SMILES string of the molecule is CN1C[C@@H](CO)N(C(=O)O)C1=O. The van der Waals surface area contributed by atoms with E-state index in [2.05, 4.69) is 0 Å². The van der Waals surface area contributed by atoms with Crippen LogP contribution in [-0.4, -0.2) is 58.4 Å². The molecule has 0 saturated carbocycles. The lowest BCUT2D eigenvalue weighted by Gasteiger charge is -2.14. The molecule has 6 heteroatoms. The Balaban J connectivity index is 2.80. The highest BCUT2D eigenvalue weighted by atomic mass is 16.4. The van der Waals surface area contributed by atoms with Crippen LogP contribution in [0.2, 0.25) is 0 Å². The topological polar surface area (TPSA) is 81.1 Å². The van der Waals surface area contributed by atoms with Crippen LogP contribution in [0.25, 0.3) is 0 Å². The highest BCUT2D eigenvalue weighted by Crippen LogP contribution is 2.13. The van der Waals surface area contributed by atoms with E-state index in [4.69, 9.17) is 10.2 Å². The number of aliphatic hydroxyl groups excluding tert-OH is 1. The minimum atomic E-state index is -1.32. The molecule has 1 fully saturated rings. The minimum Gasteiger partial charge on any atom is -0.465 e. The van der Waals surface area contributed by atoms with Gasteiger partial charge in [0.05, 0.1) is 12.6 Å². The smallest absolute Gasteiger partial charge is 0.415 e. The Hall–Kier alpha value is -1.30. The number of carboxylic acid groups (broad SMARTS) is 1. The number of rotatable bonds is 1. The Bertz CT molecular complexity index is 218. The number of nitrogens with zero attached hydrogens (tertiary/aromatic N) is 2. The molecule has 0 aromatic carbocycles. The lowest BCUT2D eigenvalue weighted by molar-refractivity contribution is 0.128. The van der Waals surface area contributed by atoms with Crippen molar-refractivity contribution < 1.29 is 19.8 Å². The number of imide groups is 1. The molecule has 2 N–H and O–H groups in total. The zero-order chi connectivity index (χ0) is 9.30. The largest absolute Gasteiger partial charge is 0.465 e. The number of hydrogen-bond acceptors (Lipinski definition) is 3. The van der Waals surface area contributed by atoms with Crippen molar-refractivity contribution in [2.24, 2.45) is 0 Å². The summed E-state index contributed by atoms with van der Waals surface area (Å²) >= 11 is 0. The average Bonchev–Trinajstić information content (AvgIpc) is 2.28. The number of amides is 3. The summed E-state index contributed by atoms with van der Waals surface area (Å²) in [5, 5.41) is 17.3. The van der Waals surface area contributed by atoms with Crippen molar-refractivity contribution in [1.29, 1.82) is 0 Å². The zero-order valence-corrected chi connectivity index (χ0v) is 6.60. The number of hydrogen-bond donors (Lipinski definition) is 2. The average molecular weight is 174 g/mol. The molecule has 68 valence electrons. The molecule has 1 saturated heterocycles. The summed E-state index contributed by atoms with van der Waals surface area (Å²) in [6.07, 6.45) is -1.32. The molecule has 1 heterocycles. The summed E-state index contributed by atoms with van der Waals surface area (Å²) in [6.45, 7) is -0.0794. The fraction of sp³-hybridized carbons (Fsp3) is 0.667. The van der Waals surface area contributed by atoms with E-state index in [9.17, 15) is 9.59 Å². The maximum atomic E-state index is 11.1. The Kier molecular flexibility index (Phi) is 2.18. The van der Waals surface area contributed by atoms with Gasteiger partial charge in [0.2, 0.25) is 0 Å². The second kappa shape index (κ2) is 2.98. The van der Waals surface area contributed by atoms with E-state index in [1.54, 1.807) is 0 Å². The highest BCUT2D eigenvalue weighted by molar-refractivity contribution is 5.92. The van der Waals surface area contributed by atoms with Gasteiger partial charge in [0, 0.05) is 13.6 Å². The van der Waals surface area contributed by atoms with Crippen molar-refractivity contribution in [2.45, 2.75) is 6.04 Å². The highest BCUT2D eigenvalue weighted by Gasteiger charge is 2.38. The van der Waals surface area contributed by atoms with Crippen molar-refractivity contribution >= 4 is 12.1 Å². The quantitative estimate of drug-likeness (QED) is 0.555.